The lowest BCUT2D eigenvalue weighted by Gasteiger charge is -2.40. The van der Waals surface area contributed by atoms with Gasteiger partial charge in [-0.1, -0.05) is 13.8 Å². The number of nitrogen functional groups attached to an aromatic ring is 1. The normalized spacial score (nSPS) is 14.0. The number of pyridine rings is 2. The minimum Gasteiger partial charge on any atom is -0.384 e. The van der Waals surface area contributed by atoms with Gasteiger partial charge in [0.25, 0.3) is 5.91 Å². The van der Waals surface area contributed by atoms with Crippen LogP contribution >= 0.6 is 0 Å². The van der Waals surface area contributed by atoms with E-state index in [1.807, 2.05) is 39.0 Å². The van der Waals surface area contributed by atoms with E-state index in [1.54, 1.807) is 19.3 Å². The molecule has 7 heteroatoms. The molecule has 2 aromatic heterocycles. The molecule has 0 radical (unpaired) electrons. The van der Waals surface area contributed by atoms with Crippen LogP contribution in [0.3, 0.4) is 0 Å². The van der Waals surface area contributed by atoms with Gasteiger partial charge in [0.2, 0.25) is 0 Å². The summed E-state index contributed by atoms with van der Waals surface area (Å²) in [7, 11) is 1.60. The first-order valence-electron chi connectivity index (χ1n) is 8.94. The molecule has 0 aliphatic carbocycles. The van der Waals surface area contributed by atoms with Crippen LogP contribution in [0.25, 0.3) is 0 Å². The topological polar surface area (TPSA) is 96.2 Å². The predicted molar refractivity (Wildman–Crippen MR) is 105 cm³/mol. The van der Waals surface area contributed by atoms with Gasteiger partial charge in [-0.05, 0) is 36.8 Å². The third kappa shape index (κ3) is 4.92. The zero-order valence-corrected chi connectivity index (χ0v) is 15.9. The van der Waals surface area contributed by atoms with E-state index in [9.17, 15) is 4.79 Å². The van der Waals surface area contributed by atoms with Gasteiger partial charge in [0.05, 0.1) is 17.4 Å². The van der Waals surface area contributed by atoms with Crippen molar-refractivity contribution in [2.24, 2.45) is 0 Å². The number of nitrogens with one attached hydrogen (secondary N) is 2. The molecule has 1 amide bonds. The molecule has 1 aliphatic rings. The number of amides is 1. The van der Waals surface area contributed by atoms with Crippen LogP contribution in [0, 0.1) is 6.92 Å². The maximum absolute atomic E-state index is 11.6. The molecule has 7 nitrogen and oxygen atoms in total. The molecule has 0 spiro atoms. The van der Waals surface area contributed by atoms with Crippen LogP contribution in [0.2, 0.25) is 0 Å². The fourth-order valence-electron chi connectivity index (χ4n) is 2.83. The second-order valence-corrected chi connectivity index (χ2v) is 6.03. The largest absolute Gasteiger partial charge is 0.384 e. The Morgan fingerprint density at radius 3 is 2.65 bits per heavy atom. The summed E-state index contributed by atoms with van der Waals surface area (Å²) in [6.07, 6.45) is 1.74. The summed E-state index contributed by atoms with van der Waals surface area (Å²) in [5, 5.41) is 6.07. The highest BCUT2D eigenvalue weighted by molar-refractivity contribution is 5.92. The summed E-state index contributed by atoms with van der Waals surface area (Å²) in [6, 6.07) is 7.94. The number of nitrogens with zero attached hydrogens (tertiary/aromatic N) is 3. The molecule has 1 fully saturated rings. The average molecular weight is 356 g/mol. The molecule has 140 valence electrons. The smallest absolute Gasteiger partial charge is 0.269 e. The first kappa shape index (κ1) is 19.7. The number of anilines is 2. The van der Waals surface area contributed by atoms with Gasteiger partial charge in [0.15, 0.2) is 0 Å². The molecule has 0 aromatic carbocycles. The Labute approximate surface area is 155 Å². The molecule has 2 aromatic rings. The van der Waals surface area contributed by atoms with Crippen LogP contribution in [0.1, 0.15) is 35.6 Å². The van der Waals surface area contributed by atoms with Crippen LogP contribution < -0.4 is 16.4 Å². The SMILES string of the molecule is CC.CNC(=O)c1ccc(NC2CN(Cc3ccnc(N)c3)C2)c(C)n1. The molecule has 0 atom stereocenters. The Balaban J connectivity index is 0.00000117. The summed E-state index contributed by atoms with van der Waals surface area (Å²) >= 11 is 0. The fraction of sp³-hybridized carbons (Fsp3) is 0.421. The maximum Gasteiger partial charge on any atom is 0.269 e. The first-order chi connectivity index (χ1) is 12.5. The van der Waals surface area contributed by atoms with E-state index in [-0.39, 0.29) is 5.91 Å². The number of carbonyl (C=O) groups is 1. The van der Waals surface area contributed by atoms with Crippen molar-refractivity contribution in [2.45, 2.75) is 33.4 Å². The summed E-state index contributed by atoms with van der Waals surface area (Å²) in [5.41, 5.74) is 9.12. The van der Waals surface area contributed by atoms with Gasteiger partial charge in [-0.25, -0.2) is 9.97 Å². The number of aryl methyl sites for hydroxylation is 1. The van der Waals surface area contributed by atoms with Crippen molar-refractivity contribution in [1.29, 1.82) is 0 Å². The van der Waals surface area contributed by atoms with Crippen molar-refractivity contribution < 1.29 is 4.79 Å². The molecule has 4 N–H and O–H groups in total. The Morgan fingerprint density at radius 2 is 2.04 bits per heavy atom. The highest BCUT2D eigenvalue weighted by Crippen LogP contribution is 2.20. The van der Waals surface area contributed by atoms with E-state index in [0.29, 0.717) is 17.6 Å². The molecule has 26 heavy (non-hydrogen) atoms. The van der Waals surface area contributed by atoms with Crippen molar-refractivity contribution in [3.8, 4) is 0 Å². The molecule has 0 unspecified atom stereocenters. The number of carbonyl (C=O) groups excluding carboxylic acids is 1. The molecular formula is C19H28N6O. The van der Waals surface area contributed by atoms with Crippen molar-refractivity contribution in [2.75, 3.05) is 31.2 Å². The van der Waals surface area contributed by atoms with Crippen LogP contribution in [0.5, 0.6) is 0 Å². The van der Waals surface area contributed by atoms with E-state index in [0.717, 1.165) is 31.0 Å². The second-order valence-electron chi connectivity index (χ2n) is 6.03. The van der Waals surface area contributed by atoms with Crippen molar-refractivity contribution >= 4 is 17.4 Å². The highest BCUT2D eigenvalue weighted by Gasteiger charge is 2.27. The van der Waals surface area contributed by atoms with E-state index >= 15 is 0 Å². The van der Waals surface area contributed by atoms with Crippen LogP contribution in [0.4, 0.5) is 11.5 Å². The first-order valence-corrected chi connectivity index (χ1v) is 8.94. The van der Waals surface area contributed by atoms with Gasteiger partial charge in [-0.3, -0.25) is 9.69 Å². The number of rotatable bonds is 5. The highest BCUT2D eigenvalue weighted by atomic mass is 16.1. The monoisotopic (exact) mass is 356 g/mol. The third-order valence-electron chi connectivity index (χ3n) is 4.11. The summed E-state index contributed by atoms with van der Waals surface area (Å²) in [5.74, 6) is 0.386. The Kier molecular flexibility index (Phi) is 6.91. The van der Waals surface area contributed by atoms with Crippen molar-refractivity contribution in [3.63, 3.8) is 0 Å². The van der Waals surface area contributed by atoms with Gasteiger partial charge >= 0.3 is 0 Å². The number of likely N-dealkylation sites (tertiary alicyclic amines) is 1. The van der Waals surface area contributed by atoms with Gasteiger partial charge < -0.3 is 16.4 Å². The maximum atomic E-state index is 11.6. The second kappa shape index (κ2) is 9.15. The van der Waals surface area contributed by atoms with Crippen LogP contribution in [-0.4, -0.2) is 47.0 Å². The molecule has 3 heterocycles. The average Bonchev–Trinajstić information content (AvgIpc) is 2.62. The minimum atomic E-state index is -0.170. The number of hydrogen-bond acceptors (Lipinski definition) is 6. The zero-order valence-electron chi connectivity index (χ0n) is 15.9. The summed E-state index contributed by atoms with van der Waals surface area (Å²) < 4.78 is 0. The van der Waals surface area contributed by atoms with E-state index in [1.165, 1.54) is 5.56 Å². The molecule has 1 saturated heterocycles. The van der Waals surface area contributed by atoms with Crippen LogP contribution in [0.15, 0.2) is 30.5 Å². The quantitative estimate of drug-likeness (QED) is 0.759. The lowest BCUT2D eigenvalue weighted by atomic mass is 10.1. The standard InChI is InChI=1S/C17H22N6O.C2H6/c1-11-14(3-4-15(21-11)17(24)19-2)22-13-9-23(10-13)8-12-5-6-20-16(18)7-12;1-2/h3-7,13,22H,8-10H2,1-2H3,(H2,18,20)(H,19,24);1-2H3. The third-order valence-corrected chi connectivity index (χ3v) is 4.11. The van der Waals surface area contributed by atoms with E-state index in [2.05, 4.69) is 25.5 Å². The Bertz CT molecular complexity index is 743. The lowest BCUT2D eigenvalue weighted by Crippen LogP contribution is -2.54. The van der Waals surface area contributed by atoms with Crippen LogP contribution in [-0.2, 0) is 6.54 Å². The Morgan fingerprint density at radius 1 is 1.31 bits per heavy atom. The van der Waals surface area contributed by atoms with Gasteiger partial charge in [0.1, 0.15) is 11.5 Å². The number of hydrogen-bond donors (Lipinski definition) is 3. The molecule has 0 bridgehead atoms. The molecular weight excluding hydrogens is 328 g/mol. The minimum absolute atomic E-state index is 0.170. The molecule has 1 aliphatic heterocycles. The fourth-order valence-corrected chi connectivity index (χ4v) is 2.83. The van der Waals surface area contributed by atoms with Crippen molar-refractivity contribution in [3.05, 3.63) is 47.4 Å². The summed E-state index contributed by atoms with van der Waals surface area (Å²) in [4.78, 5) is 22.3. The molecule has 3 rings (SSSR count). The summed E-state index contributed by atoms with van der Waals surface area (Å²) in [6.45, 7) is 8.69. The number of aromatic nitrogens is 2. The predicted octanol–water partition coefficient (Wildman–Crippen LogP) is 2.05. The van der Waals surface area contributed by atoms with Gasteiger partial charge in [-0.2, -0.15) is 0 Å². The number of nitrogens with two attached hydrogens (primary N) is 1. The Hall–Kier alpha value is -2.67. The zero-order chi connectivity index (χ0) is 19.1. The lowest BCUT2D eigenvalue weighted by molar-refractivity contribution is 0.0958. The van der Waals surface area contributed by atoms with E-state index in [4.69, 9.17) is 5.73 Å². The van der Waals surface area contributed by atoms with E-state index < -0.39 is 0 Å². The molecule has 0 saturated carbocycles. The van der Waals surface area contributed by atoms with Gasteiger partial charge in [-0.15, -0.1) is 0 Å². The van der Waals surface area contributed by atoms with Crippen molar-refractivity contribution in [1.82, 2.24) is 20.2 Å². The van der Waals surface area contributed by atoms with Gasteiger partial charge in [0, 0.05) is 32.9 Å².